The largest absolute Gasteiger partial charge is 0.482 e. The van der Waals surface area contributed by atoms with Gasteiger partial charge in [0.15, 0.2) is 6.61 Å². The summed E-state index contributed by atoms with van der Waals surface area (Å²) in [5.41, 5.74) is 9.10. The minimum atomic E-state index is -0.0300. The predicted molar refractivity (Wildman–Crippen MR) is 78.8 cm³/mol. The molecule has 2 aliphatic rings. The highest BCUT2D eigenvalue weighted by Gasteiger charge is 2.31. The molecule has 0 bridgehead atoms. The summed E-state index contributed by atoms with van der Waals surface area (Å²) in [6, 6.07) is 5.99. The number of carbonyl (C=O) groups excluding carboxylic acids is 1. The number of hydrogen-bond acceptors (Lipinski definition) is 3. The minimum Gasteiger partial charge on any atom is -0.482 e. The standard InChI is InChI=1S/C16H20N2O2/c1-10(2)8-18-13-7-12(16(17)11-3-4-11)5-6-14(13)20-9-15(18)19/h5-7,11,16H,1,3-4,8-9,17H2,2H3. The number of amides is 1. The van der Waals surface area contributed by atoms with Gasteiger partial charge >= 0.3 is 0 Å². The van der Waals surface area contributed by atoms with Gasteiger partial charge in [0, 0.05) is 12.6 Å². The Bertz CT molecular complexity index is 564. The smallest absolute Gasteiger partial charge is 0.265 e. The molecular formula is C16H20N2O2. The van der Waals surface area contributed by atoms with Gasteiger partial charge in [-0.15, -0.1) is 0 Å². The number of anilines is 1. The van der Waals surface area contributed by atoms with Gasteiger partial charge < -0.3 is 15.4 Å². The lowest BCUT2D eigenvalue weighted by molar-refractivity contribution is -0.121. The fraction of sp³-hybridized carbons (Fsp3) is 0.438. The summed E-state index contributed by atoms with van der Waals surface area (Å²) in [5, 5.41) is 0. The van der Waals surface area contributed by atoms with Crippen LogP contribution in [0.5, 0.6) is 5.75 Å². The van der Waals surface area contributed by atoms with Crippen molar-refractivity contribution in [3.8, 4) is 5.75 Å². The molecule has 0 radical (unpaired) electrons. The molecule has 0 saturated heterocycles. The molecular weight excluding hydrogens is 252 g/mol. The number of fused-ring (bicyclic) bond motifs is 1. The number of hydrogen-bond donors (Lipinski definition) is 1. The molecule has 1 aromatic carbocycles. The van der Waals surface area contributed by atoms with Crippen molar-refractivity contribution >= 4 is 11.6 Å². The molecule has 3 rings (SSSR count). The zero-order valence-electron chi connectivity index (χ0n) is 11.8. The van der Waals surface area contributed by atoms with Gasteiger partial charge in [0.05, 0.1) is 5.69 Å². The molecule has 1 aromatic rings. The monoisotopic (exact) mass is 272 g/mol. The molecule has 4 heteroatoms. The Balaban J connectivity index is 1.95. The van der Waals surface area contributed by atoms with Crippen molar-refractivity contribution in [2.75, 3.05) is 18.1 Å². The van der Waals surface area contributed by atoms with Crippen LogP contribution in [0.15, 0.2) is 30.4 Å². The van der Waals surface area contributed by atoms with Gasteiger partial charge in [-0.2, -0.15) is 0 Å². The maximum absolute atomic E-state index is 12.0. The van der Waals surface area contributed by atoms with Crippen LogP contribution in [0.3, 0.4) is 0 Å². The topological polar surface area (TPSA) is 55.6 Å². The second-order valence-corrected chi connectivity index (χ2v) is 5.82. The summed E-state index contributed by atoms with van der Waals surface area (Å²) in [6.07, 6.45) is 2.40. The van der Waals surface area contributed by atoms with Crippen molar-refractivity contribution in [1.82, 2.24) is 0 Å². The van der Waals surface area contributed by atoms with Crippen molar-refractivity contribution in [1.29, 1.82) is 0 Å². The van der Waals surface area contributed by atoms with E-state index < -0.39 is 0 Å². The Morgan fingerprint density at radius 1 is 1.55 bits per heavy atom. The normalized spacial score (nSPS) is 19.3. The Hall–Kier alpha value is -1.81. The SMILES string of the molecule is C=C(C)CN1C(=O)COc2ccc(C(N)C3CC3)cc21. The zero-order chi connectivity index (χ0) is 14.3. The van der Waals surface area contributed by atoms with Crippen molar-refractivity contribution in [3.05, 3.63) is 35.9 Å². The second-order valence-electron chi connectivity index (χ2n) is 5.82. The van der Waals surface area contributed by atoms with Crippen molar-refractivity contribution in [2.45, 2.75) is 25.8 Å². The number of nitrogens with two attached hydrogens (primary N) is 1. The Morgan fingerprint density at radius 2 is 2.30 bits per heavy atom. The summed E-state index contributed by atoms with van der Waals surface area (Å²) in [5.74, 6) is 1.30. The molecule has 1 aliphatic heterocycles. The van der Waals surface area contributed by atoms with Gasteiger partial charge in [0.25, 0.3) is 5.91 Å². The predicted octanol–water partition coefficient (Wildman–Crippen LogP) is 2.40. The first-order valence-electron chi connectivity index (χ1n) is 7.03. The summed E-state index contributed by atoms with van der Waals surface area (Å²) >= 11 is 0. The van der Waals surface area contributed by atoms with E-state index in [9.17, 15) is 4.79 Å². The quantitative estimate of drug-likeness (QED) is 0.856. The van der Waals surface area contributed by atoms with Crippen LogP contribution in [-0.4, -0.2) is 19.1 Å². The van der Waals surface area contributed by atoms with Gasteiger partial charge in [-0.3, -0.25) is 4.79 Å². The van der Waals surface area contributed by atoms with Gasteiger partial charge in [0.2, 0.25) is 0 Å². The van der Waals surface area contributed by atoms with E-state index in [1.165, 1.54) is 12.8 Å². The number of benzene rings is 1. The maximum atomic E-state index is 12.0. The van der Waals surface area contributed by atoms with E-state index in [1.54, 1.807) is 4.90 Å². The molecule has 106 valence electrons. The average Bonchev–Trinajstić information content (AvgIpc) is 3.25. The molecule has 0 aromatic heterocycles. The molecule has 2 N–H and O–H groups in total. The Kier molecular flexibility index (Phi) is 3.26. The summed E-state index contributed by atoms with van der Waals surface area (Å²) in [4.78, 5) is 13.8. The molecule has 0 spiro atoms. The van der Waals surface area contributed by atoms with E-state index in [4.69, 9.17) is 10.5 Å². The molecule has 1 unspecified atom stereocenters. The minimum absolute atomic E-state index is 0.0300. The summed E-state index contributed by atoms with van der Waals surface area (Å²) < 4.78 is 5.50. The van der Waals surface area contributed by atoms with Gasteiger partial charge in [-0.25, -0.2) is 0 Å². The van der Waals surface area contributed by atoms with Crippen LogP contribution in [0.1, 0.15) is 31.4 Å². The lowest BCUT2D eigenvalue weighted by Gasteiger charge is -2.30. The van der Waals surface area contributed by atoms with Crippen LogP contribution in [-0.2, 0) is 4.79 Å². The van der Waals surface area contributed by atoms with Crippen LogP contribution in [0.25, 0.3) is 0 Å². The number of rotatable bonds is 4. The van der Waals surface area contributed by atoms with Crippen molar-refractivity contribution < 1.29 is 9.53 Å². The van der Waals surface area contributed by atoms with E-state index in [0.29, 0.717) is 12.5 Å². The van der Waals surface area contributed by atoms with E-state index in [2.05, 4.69) is 6.58 Å². The number of ether oxygens (including phenoxy) is 1. The van der Waals surface area contributed by atoms with Crippen LogP contribution in [0.4, 0.5) is 5.69 Å². The van der Waals surface area contributed by atoms with Crippen LogP contribution < -0.4 is 15.4 Å². The highest BCUT2D eigenvalue weighted by Crippen LogP contribution is 2.42. The summed E-state index contributed by atoms with van der Waals surface area (Å²) in [7, 11) is 0. The lowest BCUT2D eigenvalue weighted by Crippen LogP contribution is -2.39. The van der Waals surface area contributed by atoms with E-state index in [1.807, 2.05) is 25.1 Å². The first-order chi connectivity index (χ1) is 9.56. The van der Waals surface area contributed by atoms with Crippen LogP contribution in [0, 0.1) is 5.92 Å². The molecule has 1 amide bonds. The lowest BCUT2D eigenvalue weighted by atomic mass is 10.0. The van der Waals surface area contributed by atoms with Gasteiger partial charge in [-0.05, 0) is 43.4 Å². The van der Waals surface area contributed by atoms with Crippen molar-refractivity contribution in [2.24, 2.45) is 11.7 Å². The van der Waals surface area contributed by atoms with Crippen molar-refractivity contribution in [3.63, 3.8) is 0 Å². The van der Waals surface area contributed by atoms with Crippen LogP contribution >= 0.6 is 0 Å². The molecule has 1 fully saturated rings. The fourth-order valence-corrected chi connectivity index (χ4v) is 2.60. The van der Waals surface area contributed by atoms with Crippen LogP contribution in [0.2, 0.25) is 0 Å². The molecule has 20 heavy (non-hydrogen) atoms. The third-order valence-electron chi connectivity index (χ3n) is 3.87. The summed E-state index contributed by atoms with van der Waals surface area (Å²) in [6.45, 7) is 6.43. The number of carbonyl (C=O) groups is 1. The van der Waals surface area contributed by atoms with Gasteiger partial charge in [0.1, 0.15) is 5.75 Å². The first kappa shape index (κ1) is 13.2. The molecule has 1 atom stereocenters. The maximum Gasteiger partial charge on any atom is 0.265 e. The van der Waals surface area contributed by atoms with Gasteiger partial charge in [-0.1, -0.05) is 18.2 Å². The average molecular weight is 272 g/mol. The van der Waals surface area contributed by atoms with E-state index in [0.717, 1.165) is 22.6 Å². The highest BCUT2D eigenvalue weighted by atomic mass is 16.5. The second kappa shape index (κ2) is 4.94. The fourth-order valence-electron chi connectivity index (χ4n) is 2.60. The highest BCUT2D eigenvalue weighted by molar-refractivity contribution is 5.98. The third kappa shape index (κ3) is 2.43. The van der Waals surface area contributed by atoms with E-state index in [-0.39, 0.29) is 18.6 Å². The molecule has 1 saturated carbocycles. The first-order valence-corrected chi connectivity index (χ1v) is 7.03. The number of nitrogens with zero attached hydrogens (tertiary/aromatic N) is 1. The third-order valence-corrected chi connectivity index (χ3v) is 3.87. The molecule has 1 aliphatic carbocycles. The molecule has 4 nitrogen and oxygen atoms in total. The Morgan fingerprint density at radius 3 is 2.95 bits per heavy atom. The molecule has 1 heterocycles. The Labute approximate surface area is 119 Å². The van der Waals surface area contributed by atoms with E-state index >= 15 is 0 Å². The zero-order valence-corrected chi connectivity index (χ0v) is 11.8.